The maximum atomic E-state index is 11.8. The average molecular weight is 228 g/mol. The van der Waals surface area contributed by atoms with E-state index < -0.39 is 6.04 Å². The number of rotatable bonds is 5. The Bertz CT molecular complexity index is 241. The number of carbonyl (C=O) groups is 1. The Balaban J connectivity index is 2.39. The minimum atomic E-state index is -0.448. The predicted octanol–water partition coefficient (Wildman–Crippen LogP) is 1.05. The number of hydrogen-bond donors (Lipinski definition) is 2. The summed E-state index contributed by atoms with van der Waals surface area (Å²) in [5.74, 6) is -0.0444. The highest BCUT2D eigenvalue weighted by molar-refractivity contribution is 5.81. The van der Waals surface area contributed by atoms with Gasteiger partial charge in [-0.05, 0) is 24.7 Å². The largest absolute Gasteiger partial charge is 0.385 e. The van der Waals surface area contributed by atoms with Crippen LogP contribution in [0.5, 0.6) is 0 Å². The topological polar surface area (TPSA) is 64.3 Å². The lowest BCUT2D eigenvalue weighted by atomic mass is 9.87. The molecule has 2 unspecified atom stereocenters. The molecule has 4 heteroatoms. The first-order valence-corrected chi connectivity index (χ1v) is 6.02. The number of hydrogen-bond acceptors (Lipinski definition) is 3. The van der Waals surface area contributed by atoms with E-state index in [9.17, 15) is 4.79 Å². The van der Waals surface area contributed by atoms with Gasteiger partial charge in [-0.15, -0.1) is 0 Å². The number of nitrogens with two attached hydrogens (primary N) is 1. The van der Waals surface area contributed by atoms with E-state index in [4.69, 9.17) is 10.5 Å². The van der Waals surface area contributed by atoms with Gasteiger partial charge in [-0.25, -0.2) is 0 Å². The van der Waals surface area contributed by atoms with Gasteiger partial charge < -0.3 is 15.8 Å². The molecule has 2 atom stereocenters. The van der Waals surface area contributed by atoms with Crippen molar-refractivity contribution < 1.29 is 9.53 Å². The molecule has 0 aromatic heterocycles. The van der Waals surface area contributed by atoms with Crippen molar-refractivity contribution in [1.29, 1.82) is 0 Å². The van der Waals surface area contributed by atoms with Gasteiger partial charge in [-0.2, -0.15) is 0 Å². The summed E-state index contributed by atoms with van der Waals surface area (Å²) in [6.07, 6.45) is 4.00. The highest BCUT2D eigenvalue weighted by Gasteiger charge is 2.35. The summed E-state index contributed by atoms with van der Waals surface area (Å²) >= 11 is 0. The maximum absolute atomic E-state index is 11.8. The minimum absolute atomic E-state index is 0.0444. The van der Waals surface area contributed by atoms with Gasteiger partial charge in [-0.1, -0.05) is 20.3 Å². The highest BCUT2D eigenvalue weighted by atomic mass is 16.5. The Kier molecular flexibility index (Phi) is 4.74. The molecule has 4 nitrogen and oxygen atoms in total. The zero-order chi connectivity index (χ0) is 12.2. The third-order valence-corrected chi connectivity index (χ3v) is 3.54. The number of nitrogens with one attached hydrogen (secondary N) is 1. The van der Waals surface area contributed by atoms with Crippen LogP contribution < -0.4 is 11.1 Å². The molecule has 0 aliphatic heterocycles. The summed E-state index contributed by atoms with van der Waals surface area (Å²) in [6.45, 7) is 4.93. The van der Waals surface area contributed by atoms with Crippen LogP contribution in [0.15, 0.2) is 0 Å². The molecule has 94 valence electrons. The van der Waals surface area contributed by atoms with Crippen LogP contribution in [-0.4, -0.2) is 31.7 Å². The zero-order valence-corrected chi connectivity index (χ0v) is 10.6. The molecule has 1 aliphatic carbocycles. The number of methoxy groups -OCH3 is 1. The lowest BCUT2D eigenvalue weighted by molar-refractivity contribution is -0.124. The van der Waals surface area contributed by atoms with Gasteiger partial charge in [0.25, 0.3) is 0 Å². The van der Waals surface area contributed by atoms with Crippen molar-refractivity contribution in [3.63, 3.8) is 0 Å². The van der Waals surface area contributed by atoms with E-state index in [-0.39, 0.29) is 17.4 Å². The van der Waals surface area contributed by atoms with Crippen molar-refractivity contribution in [2.75, 3.05) is 13.7 Å². The molecule has 16 heavy (non-hydrogen) atoms. The highest BCUT2D eigenvalue weighted by Crippen LogP contribution is 2.37. The maximum Gasteiger partial charge on any atom is 0.237 e. The van der Waals surface area contributed by atoms with Crippen molar-refractivity contribution >= 4 is 5.91 Å². The third kappa shape index (κ3) is 3.46. The van der Waals surface area contributed by atoms with E-state index in [1.807, 2.05) is 0 Å². The Labute approximate surface area is 97.9 Å². The van der Waals surface area contributed by atoms with Crippen molar-refractivity contribution in [3.05, 3.63) is 0 Å². The summed E-state index contributed by atoms with van der Waals surface area (Å²) < 4.78 is 4.91. The third-order valence-electron chi connectivity index (χ3n) is 3.54. The molecule has 1 fully saturated rings. The lowest BCUT2D eigenvalue weighted by Crippen LogP contribution is -2.49. The molecular formula is C12H24N2O2. The summed E-state index contributed by atoms with van der Waals surface area (Å²) in [5.41, 5.74) is 5.98. The average Bonchev–Trinajstić information content (AvgIpc) is 2.54. The zero-order valence-electron chi connectivity index (χ0n) is 10.6. The molecule has 1 amide bonds. The number of carbonyl (C=O) groups excluding carboxylic acids is 1. The molecule has 0 saturated heterocycles. The lowest BCUT2D eigenvalue weighted by Gasteiger charge is -2.28. The fraction of sp³-hybridized carbons (Fsp3) is 0.917. The van der Waals surface area contributed by atoms with Crippen LogP contribution in [0.2, 0.25) is 0 Å². The van der Waals surface area contributed by atoms with E-state index >= 15 is 0 Å². The molecule has 1 saturated carbocycles. The van der Waals surface area contributed by atoms with Gasteiger partial charge >= 0.3 is 0 Å². The van der Waals surface area contributed by atoms with Crippen molar-refractivity contribution in [3.8, 4) is 0 Å². The van der Waals surface area contributed by atoms with Crippen LogP contribution in [-0.2, 0) is 9.53 Å². The fourth-order valence-corrected chi connectivity index (χ4v) is 2.25. The van der Waals surface area contributed by atoms with Crippen LogP contribution in [0, 0.1) is 5.41 Å². The normalized spacial score (nSPS) is 25.4. The van der Waals surface area contributed by atoms with Crippen LogP contribution in [0.1, 0.15) is 39.5 Å². The van der Waals surface area contributed by atoms with Crippen LogP contribution >= 0.6 is 0 Å². The summed E-state index contributed by atoms with van der Waals surface area (Å²) in [5, 5.41) is 3.06. The summed E-state index contributed by atoms with van der Waals surface area (Å²) in [7, 11) is 1.62. The molecule has 0 spiro atoms. The van der Waals surface area contributed by atoms with E-state index in [1.165, 1.54) is 12.8 Å². The fourth-order valence-electron chi connectivity index (χ4n) is 2.25. The van der Waals surface area contributed by atoms with Gasteiger partial charge in [0.1, 0.15) is 0 Å². The van der Waals surface area contributed by atoms with Crippen LogP contribution in [0.3, 0.4) is 0 Å². The smallest absolute Gasteiger partial charge is 0.237 e. The quantitative estimate of drug-likeness (QED) is 0.739. The second kappa shape index (κ2) is 5.64. The first-order valence-electron chi connectivity index (χ1n) is 6.02. The molecule has 1 aliphatic rings. The van der Waals surface area contributed by atoms with E-state index in [2.05, 4.69) is 19.2 Å². The molecule has 0 aromatic carbocycles. The van der Waals surface area contributed by atoms with E-state index in [0.717, 1.165) is 6.42 Å². The molecule has 0 aromatic rings. The van der Waals surface area contributed by atoms with Gasteiger partial charge in [0.05, 0.1) is 6.04 Å². The van der Waals surface area contributed by atoms with Crippen molar-refractivity contribution in [2.24, 2.45) is 11.1 Å². The molecule has 3 N–H and O–H groups in total. The molecule has 0 bridgehead atoms. The Hall–Kier alpha value is -0.610. The number of amides is 1. The summed E-state index contributed by atoms with van der Waals surface area (Å²) in [6, 6.07) is -0.176. The van der Waals surface area contributed by atoms with Gasteiger partial charge in [0.15, 0.2) is 0 Å². The Morgan fingerprint density at radius 2 is 2.31 bits per heavy atom. The number of ether oxygens (including phenoxy) is 1. The van der Waals surface area contributed by atoms with Gasteiger partial charge in [-0.3, -0.25) is 4.79 Å². The van der Waals surface area contributed by atoms with Crippen LogP contribution in [0.4, 0.5) is 0 Å². The molecule has 0 radical (unpaired) electrons. The molecule has 0 heterocycles. The Morgan fingerprint density at radius 1 is 1.62 bits per heavy atom. The van der Waals surface area contributed by atoms with Crippen LogP contribution in [0.25, 0.3) is 0 Å². The van der Waals surface area contributed by atoms with E-state index in [0.29, 0.717) is 13.0 Å². The monoisotopic (exact) mass is 228 g/mol. The van der Waals surface area contributed by atoms with E-state index in [1.54, 1.807) is 7.11 Å². The first-order chi connectivity index (χ1) is 7.47. The summed E-state index contributed by atoms with van der Waals surface area (Å²) in [4.78, 5) is 11.8. The molecule has 1 rings (SSSR count). The van der Waals surface area contributed by atoms with Gasteiger partial charge in [0.2, 0.25) is 5.91 Å². The standard InChI is InChI=1S/C12H24N2O2/c1-12(2)7-4-5-10(12)14-11(15)9(13)6-8-16-3/h9-10H,4-8,13H2,1-3H3,(H,14,15). The SMILES string of the molecule is COCCC(N)C(=O)NC1CCCC1(C)C. The molecular weight excluding hydrogens is 204 g/mol. The van der Waals surface area contributed by atoms with Crippen molar-refractivity contribution in [2.45, 2.75) is 51.6 Å². The predicted molar refractivity (Wildman–Crippen MR) is 64.0 cm³/mol. The first kappa shape index (κ1) is 13.5. The Morgan fingerprint density at radius 3 is 2.81 bits per heavy atom. The van der Waals surface area contributed by atoms with Crippen molar-refractivity contribution in [1.82, 2.24) is 5.32 Å². The minimum Gasteiger partial charge on any atom is -0.385 e. The van der Waals surface area contributed by atoms with Gasteiger partial charge in [0, 0.05) is 19.8 Å². The second-order valence-electron chi connectivity index (χ2n) is 5.33. The second-order valence-corrected chi connectivity index (χ2v) is 5.33.